The largest absolute Gasteiger partial charge is 0.393 e. The number of carbonyl (C=O) groups excluding carboxylic acids is 1. The smallest absolute Gasteiger partial charge is 0.154 e. The van der Waals surface area contributed by atoms with Gasteiger partial charge in [-0.2, -0.15) is 0 Å². The maximum atomic E-state index is 10.3. The maximum Gasteiger partial charge on any atom is 0.154 e. The molecular formula is C10H14N2O3. The van der Waals surface area contributed by atoms with E-state index in [0.717, 1.165) is 6.42 Å². The van der Waals surface area contributed by atoms with Gasteiger partial charge in [0.15, 0.2) is 6.29 Å². The van der Waals surface area contributed by atoms with Crippen LogP contribution in [0.4, 0.5) is 0 Å². The molecule has 1 fully saturated rings. The van der Waals surface area contributed by atoms with Crippen molar-refractivity contribution < 1.29 is 14.6 Å². The van der Waals surface area contributed by atoms with Crippen LogP contribution in [0.15, 0.2) is 24.8 Å². The fraction of sp³-hybridized carbons (Fsp3) is 0.500. The van der Waals surface area contributed by atoms with Crippen molar-refractivity contribution in [1.82, 2.24) is 9.97 Å². The molecule has 0 aromatic carbocycles. The zero-order valence-electron chi connectivity index (χ0n) is 8.37. The summed E-state index contributed by atoms with van der Waals surface area (Å²) in [6.45, 7) is 0.413. The van der Waals surface area contributed by atoms with E-state index in [1.54, 1.807) is 18.5 Å². The molecule has 1 N–H and O–H groups in total. The monoisotopic (exact) mass is 210 g/mol. The Balaban J connectivity index is 0.000000162. The Morgan fingerprint density at radius 3 is 2.40 bits per heavy atom. The number of nitrogens with zero attached hydrogens (tertiary/aromatic N) is 2. The molecule has 15 heavy (non-hydrogen) atoms. The topological polar surface area (TPSA) is 72.3 Å². The van der Waals surface area contributed by atoms with Gasteiger partial charge in [0, 0.05) is 19.0 Å². The zero-order chi connectivity index (χ0) is 11.0. The molecule has 2 rings (SSSR count). The summed E-state index contributed by atoms with van der Waals surface area (Å²) in [5.74, 6) is 0. The summed E-state index contributed by atoms with van der Waals surface area (Å²) < 4.78 is 5.02. The van der Waals surface area contributed by atoms with Gasteiger partial charge in [-0.15, -0.1) is 0 Å². The van der Waals surface area contributed by atoms with Gasteiger partial charge in [0.1, 0.15) is 11.9 Å². The van der Waals surface area contributed by atoms with Crippen LogP contribution in [0.2, 0.25) is 0 Å². The molecular weight excluding hydrogens is 196 g/mol. The molecule has 0 aliphatic carbocycles. The minimum Gasteiger partial charge on any atom is -0.393 e. The van der Waals surface area contributed by atoms with Crippen LogP contribution in [0.3, 0.4) is 0 Å². The Kier molecular flexibility index (Phi) is 4.86. The van der Waals surface area contributed by atoms with Crippen LogP contribution in [0.25, 0.3) is 0 Å². The minimum atomic E-state index is -0.847. The quantitative estimate of drug-likeness (QED) is 0.706. The zero-order valence-corrected chi connectivity index (χ0v) is 8.37. The predicted octanol–water partition coefficient (Wildman–Crippen LogP) is 0.203. The molecule has 82 valence electrons. The van der Waals surface area contributed by atoms with Gasteiger partial charge in [0.2, 0.25) is 0 Å². The van der Waals surface area contributed by atoms with Gasteiger partial charge in [0.05, 0.1) is 6.61 Å². The molecule has 1 saturated heterocycles. The first-order valence-electron chi connectivity index (χ1n) is 4.74. The third-order valence-corrected chi connectivity index (χ3v) is 2.09. The predicted molar refractivity (Wildman–Crippen MR) is 53.1 cm³/mol. The number of hydrogen-bond donors (Lipinski definition) is 1. The van der Waals surface area contributed by atoms with Gasteiger partial charge in [-0.25, -0.2) is 9.97 Å². The first-order valence-corrected chi connectivity index (χ1v) is 4.74. The van der Waals surface area contributed by atoms with Gasteiger partial charge in [0.25, 0.3) is 0 Å². The molecule has 2 heterocycles. The summed E-state index contributed by atoms with van der Waals surface area (Å²) in [6.07, 6.45) is 7.10. The molecule has 1 aliphatic rings. The number of carbonyl (C=O) groups is 1. The van der Waals surface area contributed by atoms with Crippen molar-refractivity contribution in [3.05, 3.63) is 24.8 Å². The van der Waals surface area contributed by atoms with Crippen molar-refractivity contribution in [2.75, 3.05) is 13.2 Å². The first-order chi connectivity index (χ1) is 7.33. The first kappa shape index (κ1) is 11.7. The second-order valence-electron chi connectivity index (χ2n) is 3.20. The molecule has 1 atom stereocenters. The normalized spacial score (nSPS) is 24.1. The van der Waals surface area contributed by atoms with Crippen LogP contribution in [0.5, 0.6) is 0 Å². The van der Waals surface area contributed by atoms with Crippen molar-refractivity contribution in [2.45, 2.75) is 18.4 Å². The van der Waals surface area contributed by atoms with Crippen LogP contribution in [-0.2, 0) is 9.53 Å². The van der Waals surface area contributed by atoms with E-state index in [1.807, 2.05) is 0 Å². The van der Waals surface area contributed by atoms with Crippen LogP contribution < -0.4 is 0 Å². The fourth-order valence-corrected chi connectivity index (χ4v) is 1.23. The lowest BCUT2D eigenvalue weighted by atomic mass is 10.0. The van der Waals surface area contributed by atoms with E-state index in [0.29, 0.717) is 19.3 Å². The van der Waals surface area contributed by atoms with Gasteiger partial charge >= 0.3 is 0 Å². The average Bonchev–Trinajstić information content (AvgIpc) is 2.81. The Labute approximate surface area is 88.1 Å². The number of aliphatic hydroxyl groups is 1. The molecule has 0 radical (unpaired) electrons. The van der Waals surface area contributed by atoms with Crippen LogP contribution in [0.1, 0.15) is 12.8 Å². The van der Waals surface area contributed by atoms with E-state index in [4.69, 9.17) is 9.84 Å². The molecule has 1 aromatic rings. The van der Waals surface area contributed by atoms with Crippen molar-refractivity contribution in [3.63, 3.8) is 0 Å². The lowest BCUT2D eigenvalue weighted by Gasteiger charge is -2.16. The fourth-order valence-electron chi connectivity index (χ4n) is 1.23. The second-order valence-corrected chi connectivity index (χ2v) is 3.20. The summed E-state index contributed by atoms with van der Waals surface area (Å²) in [4.78, 5) is 17.6. The summed E-state index contributed by atoms with van der Waals surface area (Å²) in [7, 11) is 0. The van der Waals surface area contributed by atoms with Crippen molar-refractivity contribution in [2.24, 2.45) is 0 Å². The second kappa shape index (κ2) is 6.21. The van der Waals surface area contributed by atoms with Crippen LogP contribution in [0, 0.1) is 0 Å². The third kappa shape index (κ3) is 3.73. The summed E-state index contributed by atoms with van der Waals surface area (Å²) in [5.41, 5.74) is -0.847. The lowest BCUT2D eigenvalue weighted by Crippen LogP contribution is -2.33. The number of aliphatic hydroxyl groups excluding tert-OH is 1. The van der Waals surface area contributed by atoms with Gasteiger partial charge in [-0.3, -0.25) is 0 Å². The van der Waals surface area contributed by atoms with Crippen LogP contribution in [-0.4, -0.2) is 40.2 Å². The summed E-state index contributed by atoms with van der Waals surface area (Å²) >= 11 is 0. The molecule has 1 unspecified atom stereocenters. The van der Waals surface area contributed by atoms with E-state index >= 15 is 0 Å². The average molecular weight is 210 g/mol. The summed E-state index contributed by atoms with van der Waals surface area (Å²) in [6, 6.07) is 1.78. The molecule has 5 nitrogen and oxygen atoms in total. The molecule has 0 saturated carbocycles. The van der Waals surface area contributed by atoms with E-state index in [9.17, 15) is 4.79 Å². The van der Waals surface area contributed by atoms with E-state index in [2.05, 4.69) is 9.97 Å². The molecule has 5 heteroatoms. The molecule has 0 spiro atoms. The number of ether oxygens (including phenoxy) is 1. The third-order valence-electron chi connectivity index (χ3n) is 2.09. The van der Waals surface area contributed by atoms with Crippen LogP contribution >= 0.6 is 0 Å². The Bertz CT molecular complexity index is 247. The van der Waals surface area contributed by atoms with E-state index < -0.39 is 5.60 Å². The highest BCUT2D eigenvalue weighted by Crippen LogP contribution is 2.22. The highest BCUT2D eigenvalue weighted by molar-refractivity contribution is 5.63. The number of rotatable bonds is 2. The number of hydrogen-bond acceptors (Lipinski definition) is 5. The highest BCUT2D eigenvalue weighted by Gasteiger charge is 2.33. The Hall–Kier alpha value is -1.33. The van der Waals surface area contributed by atoms with Gasteiger partial charge in [-0.1, -0.05) is 0 Å². The van der Waals surface area contributed by atoms with Crippen molar-refractivity contribution in [3.8, 4) is 0 Å². The Morgan fingerprint density at radius 2 is 2.20 bits per heavy atom. The number of aromatic nitrogens is 2. The minimum absolute atomic E-state index is 0.184. The maximum absolute atomic E-state index is 10.3. The number of aldehydes is 1. The summed E-state index contributed by atoms with van der Waals surface area (Å²) in [5, 5.41) is 8.66. The highest BCUT2D eigenvalue weighted by atomic mass is 16.5. The molecule has 0 amide bonds. The molecule has 1 aromatic heterocycles. The van der Waals surface area contributed by atoms with Crippen molar-refractivity contribution in [1.29, 1.82) is 0 Å². The SMILES string of the molecule is O=CC1(CO)CCCO1.c1cncnc1. The van der Waals surface area contributed by atoms with Gasteiger partial charge in [-0.05, 0) is 18.9 Å². The Morgan fingerprint density at radius 1 is 1.47 bits per heavy atom. The molecule has 1 aliphatic heterocycles. The lowest BCUT2D eigenvalue weighted by molar-refractivity contribution is -0.129. The van der Waals surface area contributed by atoms with E-state index in [-0.39, 0.29) is 6.61 Å². The molecule has 0 bridgehead atoms. The van der Waals surface area contributed by atoms with Crippen molar-refractivity contribution >= 4 is 6.29 Å². The standard InChI is InChI=1S/C6H10O3.C4H4N2/c7-4-6(5-8)2-1-3-9-6;1-2-5-4-6-3-1/h4,8H,1-3,5H2;1-4H. The van der Waals surface area contributed by atoms with Gasteiger partial charge < -0.3 is 14.6 Å². The van der Waals surface area contributed by atoms with E-state index in [1.165, 1.54) is 6.33 Å².